The number of rotatable bonds is 3. The number of amides is 1. The number of nitrogens with one attached hydrogen (secondary N) is 2. The Hall–Kier alpha value is -2.57. The lowest BCUT2D eigenvalue weighted by Gasteiger charge is -2.08. The van der Waals surface area contributed by atoms with Crippen molar-refractivity contribution in [3.05, 3.63) is 28.1 Å². The van der Waals surface area contributed by atoms with Crippen molar-refractivity contribution < 1.29 is 19.4 Å². The van der Waals surface area contributed by atoms with Gasteiger partial charge in [0.1, 0.15) is 5.57 Å². The minimum atomic E-state index is -1.01. The molecule has 0 radical (unpaired) electrons. The number of aromatic nitrogens is 1. The molecule has 2 heterocycles. The number of hydrogen-bond donors (Lipinski definition) is 3. The van der Waals surface area contributed by atoms with Crippen molar-refractivity contribution >= 4 is 23.9 Å². The van der Waals surface area contributed by atoms with Crippen LogP contribution in [0.25, 0.3) is 6.08 Å². The van der Waals surface area contributed by atoms with Crippen LogP contribution in [0.2, 0.25) is 0 Å². The first kappa shape index (κ1) is 14.8. The molecule has 0 unspecified atom stereocenters. The molecule has 1 aromatic heterocycles. The van der Waals surface area contributed by atoms with Gasteiger partial charge >= 0.3 is 5.97 Å². The molecular weight excluding hydrogens is 274 g/mol. The Morgan fingerprint density at radius 1 is 1.38 bits per heavy atom. The maximum absolute atomic E-state index is 11.8. The lowest BCUT2D eigenvalue weighted by atomic mass is 10.1. The zero-order valence-corrected chi connectivity index (χ0v) is 12.3. The first-order valence-corrected chi connectivity index (χ1v) is 6.50. The highest BCUT2D eigenvalue weighted by atomic mass is 16.5. The third-order valence-corrected chi connectivity index (χ3v) is 3.06. The lowest BCUT2D eigenvalue weighted by Crippen LogP contribution is -2.16. The SMILES string of the molecule is Cc1[nH]c(/C=C2/C(=O)NN=C2OC(C)C)c(C)c1C(=O)O. The standard InChI is InChI=1S/C14H17N3O4/c1-6(2)21-13-9(12(18)16-17-13)5-10-7(3)11(14(19)20)8(4)15-10/h5-6,15H,1-4H3,(H,16,18)(H,19,20)/b9-5-. The van der Waals surface area contributed by atoms with Crippen LogP contribution < -0.4 is 5.43 Å². The van der Waals surface area contributed by atoms with E-state index in [-0.39, 0.29) is 29.0 Å². The van der Waals surface area contributed by atoms with Gasteiger partial charge in [-0.25, -0.2) is 10.2 Å². The van der Waals surface area contributed by atoms with Gasteiger partial charge in [0.25, 0.3) is 5.91 Å². The third-order valence-electron chi connectivity index (χ3n) is 3.06. The molecule has 1 aliphatic heterocycles. The summed E-state index contributed by atoms with van der Waals surface area (Å²) in [5, 5.41) is 13.0. The number of nitrogens with zero attached hydrogens (tertiary/aromatic N) is 1. The molecule has 0 saturated carbocycles. The van der Waals surface area contributed by atoms with Crippen molar-refractivity contribution in [2.24, 2.45) is 5.10 Å². The van der Waals surface area contributed by atoms with Gasteiger partial charge in [0.05, 0.1) is 11.7 Å². The normalized spacial score (nSPS) is 16.3. The molecule has 0 saturated heterocycles. The van der Waals surface area contributed by atoms with E-state index in [9.17, 15) is 14.7 Å². The summed E-state index contributed by atoms with van der Waals surface area (Å²) >= 11 is 0. The maximum Gasteiger partial charge on any atom is 0.337 e. The first-order valence-electron chi connectivity index (χ1n) is 6.50. The predicted molar refractivity (Wildman–Crippen MR) is 77.0 cm³/mol. The fourth-order valence-electron chi connectivity index (χ4n) is 2.14. The quantitative estimate of drug-likeness (QED) is 0.735. The van der Waals surface area contributed by atoms with E-state index < -0.39 is 5.97 Å². The van der Waals surface area contributed by atoms with Gasteiger partial charge in [0, 0.05) is 11.4 Å². The molecule has 0 bridgehead atoms. The third kappa shape index (κ3) is 2.81. The molecule has 0 atom stereocenters. The zero-order valence-electron chi connectivity index (χ0n) is 12.3. The van der Waals surface area contributed by atoms with Crippen LogP contribution in [-0.2, 0) is 9.53 Å². The Labute approximate surface area is 121 Å². The van der Waals surface area contributed by atoms with E-state index in [1.54, 1.807) is 19.9 Å². The Morgan fingerprint density at radius 2 is 2.05 bits per heavy atom. The summed E-state index contributed by atoms with van der Waals surface area (Å²) in [4.78, 5) is 26.0. The maximum atomic E-state index is 11.8. The second-order valence-corrected chi connectivity index (χ2v) is 5.05. The summed E-state index contributed by atoms with van der Waals surface area (Å²) < 4.78 is 5.46. The van der Waals surface area contributed by atoms with Crippen LogP contribution in [0, 0.1) is 13.8 Å². The number of carbonyl (C=O) groups excluding carboxylic acids is 1. The number of hydrazone groups is 1. The number of carbonyl (C=O) groups is 2. The fraction of sp³-hybridized carbons (Fsp3) is 0.357. The van der Waals surface area contributed by atoms with Gasteiger partial charge in [0.15, 0.2) is 0 Å². The monoisotopic (exact) mass is 291 g/mol. The Morgan fingerprint density at radius 3 is 2.57 bits per heavy atom. The smallest absolute Gasteiger partial charge is 0.337 e. The summed E-state index contributed by atoms with van der Waals surface area (Å²) in [5.74, 6) is -1.18. The van der Waals surface area contributed by atoms with Crippen molar-refractivity contribution in [2.75, 3.05) is 0 Å². The summed E-state index contributed by atoms with van der Waals surface area (Å²) in [5.41, 5.74) is 4.47. The van der Waals surface area contributed by atoms with Gasteiger partial charge in [-0.2, -0.15) is 0 Å². The average Bonchev–Trinajstić information content (AvgIpc) is 2.83. The Balaban J connectivity index is 2.43. The number of aryl methyl sites for hydroxylation is 1. The molecule has 1 aliphatic rings. The lowest BCUT2D eigenvalue weighted by molar-refractivity contribution is -0.116. The van der Waals surface area contributed by atoms with Gasteiger partial charge in [-0.15, -0.1) is 5.10 Å². The van der Waals surface area contributed by atoms with Crippen LogP contribution in [0.3, 0.4) is 0 Å². The highest BCUT2D eigenvalue weighted by molar-refractivity contribution is 6.24. The van der Waals surface area contributed by atoms with Crippen LogP contribution in [0.4, 0.5) is 0 Å². The molecule has 21 heavy (non-hydrogen) atoms. The van der Waals surface area contributed by atoms with E-state index in [1.165, 1.54) is 0 Å². The fourth-order valence-corrected chi connectivity index (χ4v) is 2.14. The van der Waals surface area contributed by atoms with Crippen molar-refractivity contribution in [3.63, 3.8) is 0 Å². The minimum Gasteiger partial charge on any atom is -0.478 e. The van der Waals surface area contributed by atoms with Gasteiger partial charge < -0.3 is 14.8 Å². The number of carboxylic acids is 1. The number of H-pyrrole nitrogens is 1. The minimum absolute atomic E-state index is 0.124. The summed E-state index contributed by atoms with van der Waals surface area (Å²) in [6, 6.07) is 0. The van der Waals surface area contributed by atoms with Crippen LogP contribution in [0.1, 0.15) is 41.2 Å². The highest BCUT2D eigenvalue weighted by Gasteiger charge is 2.26. The van der Waals surface area contributed by atoms with Crippen molar-refractivity contribution in [3.8, 4) is 0 Å². The Kier molecular flexibility index (Phi) is 3.84. The van der Waals surface area contributed by atoms with E-state index in [1.807, 2.05) is 13.8 Å². The molecule has 3 N–H and O–H groups in total. The molecular formula is C14H17N3O4. The molecule has 112 valence electrons. The van der Waals surface area contributed by atoms with Crippen molar-refractivity contribution in [1.82, 2.24) is 10.4 Å². The van der Waals surface area contributed by atoms with E-state index in [4.69, 9.17) is 4.74 Å². The number of aromatic amines is 1. The van der Waals surface area contributed by atoms with E-state index in [0.717, 1.165) is 0 Å². The molecule has 0 fully saturated rings. The van der Waals surface area contributed by atoms with Crippen LogP contribution in [-0.4, -0.2) is 34.0 Å². The summed E-state index contributed by atoms with van der Waals surface area (Å²) in [7, 11) is 0. The van der Waals surface area contributed by atoms with Crippen molar-refractivity contribution in [2.45, 2.75) is 33.8 Å². The second kappa shape index (κ2) is 5.43. The van der Waals surface area contributed by atoms with E-state index in [0.29, 0.717) is 17.0 Å². The topological polar surface area (TPSA) is 104 Å². The van der Waals surface area contributed by atoms with E-state index >= 15 is 0 Å². The molecule has 1 amide bonds. The number of hydrogen-bond acceptors (Lipinski definition) is 4. The van der Waals surface area contributed by atoms with Crippen molar-refractivity contribution in [1.29, 1.82) is 0 Å². The Bertz CT molecular complexity index is 668. The van der Waals surface area contributed by atoms with E-state index in [2.05, 4.69) is 15.5 Å². The molecule has 0 aliphatic carbocycles. The predicted octanol–water partition coefficient (Wildman–Crippen LogP) is 1.58. The van der Waals surface area contributed by atoms with Gasteiger partial charge in [-0.1, -0.05) is 0 Å². The number of aromatic carboxylic acids is 1. The molecule has 2 rings (SSSR count). The van der Waals surface area contributed by atoms with Crippen LogP contribution in [0.5, 0.6) is 0 Å². The molecule has 1 aromatic rings. The largest absolute Gasteiger partial charge is 0.478 e. The molecule has 7 nitrogen and oxygen atoms in total. The second-order valence-electron chi connectivity index (χ2n) is 5.05. The highest BCUT2D eigenvalue weighted by Crippen LogP contribution is 2.22. The number of ether oxygens (including phenoxy) is 1. The number of carboxylic acid groups (broad SMARTS) is 1. The first-order chi connectivity index (χ1) is 9.81. The van der Waals surface area contributed by atoms with Crippen LogP contribution >= 0.6 is 0 Å². The summed E-state index contributed by atoms with van der Waals surface area (Å²) in [6.45, 7) is 7.02. The van der Waals surface area contributed by atoms with Gasteiger partial charge in [0.2, 0.25) is 5.90 Å². The molecule has 0 spiro atoms. The van der Waals surface area contributed by atoms with Gasteiger partial charge in [-0.05, 0) is 39.3 Å². The zero-order chi connectivity index (χ0) is 15.7. The molecule has 0 aromatic carbocycles. The van der Waals surface area contributed by atoms with Crippen LogP contribution in [0.15, 0.2) is 10.7 Å². The average molecular weight is 291 g/mol. The summed E-state index contributed by atoms with van der Waals surface area (Å²) in [6.07, 6.45) is 1.43. The van der Waals surface area contributed by atoms with Gasteiger partial charge in [-0.3, -0.25) is 4.79 Å². The molecule has 7 heteroatoms.